The molecule has 128 valence electrons. The van der Waals surface area contributed by atoms with Crippen molar-refractivity contribution in [3.8, 4) is 0 Å². The van der Waals surface area contributed by atoms with Gasteiger partial charge in [0.15, 0.2) is 12.1 Å². The first-order chi connectivity index (χ1) is 12.1. The van der Waals surface area contributed by atoms with Crippen molar-refractivity contribution in [2.75, 3.05) is 12.4 Å². The van der Waals surface area contributed by atoms with E-state index in [0.29, 0.717) is 11.4 Å². The van der Waals surface area contributed by atoms with Gasteiger partial charge in [0.1, 0.15) is 5.76 Å². The molecule has 5 heteroatoms. The second kappa shape index (κ2) is 7.21. The second-order valence-corrected chi connectivity index (χ2v) is 5.83. The topological polar surface area (TPSA) is 64.6 Å². The number of hydrogen-bond acceptors (Lipinski definition) is 5. The number of ketones is 1. The monoisotopic (exact) mass is 337 g/mol. The zero-order chi connectivity index (χ0) is 17.8. The van der Waals surface area contributed by atoms with Gasteiger partial charge in [0.05, 0.1) is 7.11 Å². The molecule has 0 fully saturated rings. The number of anilines is 1. The highest BCUT2D eigenvalue weighted by Crippen LogP contribution is 2.27. The summed E-state index contributed by atoms with van der Waals surface area (Å²) >= 11 is 0. The van der Waals surface area contributed by atoms with Crippen LogP contribution >= 0.6 is 0 Å². The zero-order valence-electron chi connectivity index (χ0n) is 14.1. The second-order valence-electron chi connectivity index (χ2n) is 5.83. The predicted octanol–water partition coefficient (Wildman–Crippen LogP) is 2.96. The van der Waals surface area contributed by atoms with E-state index >= 15 is 0 Å². The van der Waals surface area contributed by atoms with E-state index in [-0.39, 0.29) is 5.78 Å². The number of methoxy groups -OCH3 is 1. The number of carbonyl (C=O) groups excluding carboxylic acids is 2. The Bertz CT molecular complexity index is 796. The highest BCUT2D eigenvalue weighted by Gasteiger charge is 2.40. The minimum Gasteiger partial charge on any atom is -0.479 e. The third-order valence-electron chi connectivity index (χ3n) is 4.00. The zero-order valence-corrected chi connectivity index (χ0v) is 14.1. The molecule has 0 saturated heterocycles. The quantitative estimate of drug-likeness (QED) is 0.850. The lowest BCUT2D eigenvalue weighted by molar-refractivity contribution is -0.145. The van der Waals surface area contributed by atoms with E-state index in [1.54, 1.807) is 0 Å². The maximum Gasteiger partial charge on any atom is 0.332 e. The summed E-state index contributed by atoms with van der Waals surface area (Å²) in [6.45, 7) is 1.97. The highest BCUT2D eigenvalue weighted by atomic mass is 16.5. The number of rotatable bonds is 5. The molecule has 2 atom stereocenters. The lowest BCUT2D eigenvalue weighted by Gasteiger charge is -2.23. The van der Waals surface area contributed by atoms with Gasteiger partial charge in [-0.25, -0.2) is 4.79 Å². The number of ether oxygens (including phenoxy) is 2. The van der Waals surface area contributed by atoms with E-state index < -0.39 is 18.1 Å². The van der Waals surface area contributed by atoms with Crippen LogP contribution in [0.2, 0.25) is 0 Å². The molecule has 0 aromatic heterocycles. The van der Waals surface area contributed by atoms with Gasteiger partial charge in [-0.15, -0.1) is 0 Å². The smallest absolute Gasteiger partial charge is 0.332 e. The van der Waals surface area contributed by atoms with Gasteiger partial charge in [-0.1, -0.05) is 48.0 Å². The van der Waals surface area contributed by atoms with Crippen molar-refractivity contribution in [1.82, 2.24) is 0 Å². The summed E-state index contributed by atoms with van der Waals surface area (Å²) < 4.78 is 10.6. The van der Waals surface area contributed by atoms with Gasteiger partial charge >= 0.3 is 5.97 Å². The Morgan fingerprint density at radius 1 is 1.12 bits per heavy atom. The van der Waals surface area contributed by atoms with Crippen LogP contribution in [0.15, 0.2) is 60.7 Å². The maximum atomic E-state index is 12.4. The number of benzene rings is 2. The van der Waals surface area contributed by atoms with Gasteiger partial charge in [-0.05, 0) is 19.1 Å². The van der Waals surface area contributed by atoms with Crippen LogP contribution in [0.25, 0.3) is 5.76 Å². The van der Waals surface area contributed by atoms with Crippen LogP contribution in [0.3, 0.4) is 0 Å². The molecule has 1 N–H and O–H groups in total. The summed E-state index contributed by atoms with van der Waals surface area (Å²) in [5.74, 6) is -0.370. The Morgan fingerprint density at radius 3 is 2.44 bits per heavy atom. The molecule has 1 heterocycles. The van der Waals surface area contributed by atoms with Crippen LogP contribution in [0.1, 0.15) is 11.1 Å². The fraction of sp³-hybridized carbons (Fsp3) is 0.200. The van der Waals surface area contributed by atoms with Crippen LogP contribution < -0.4 is 5.32 Å². The van der Waals surface area contributed by atoms with E-state index in [2.05, 4.69) is 5.32 Å². The number of aryl methyl sites for hydroxylation is 1. The molecule has 2 aromatic carbocycles. The average molecular weight is 337 g/mol. The molecule has 2 unspecified atom stereocenters. The summed E-state index contributed by atoms with van der Waals surface area (Å²) in [6, 6.07) is 15.9. The Hall–Kier alpha value is -3.08. The van der Waals surface area contributed by atoms with Crippen molar-refractivity contribution in [3.05, 3.63) is 71.8 Å². The SMILES string of the molecule is COC(=O)C(Nc1ccc(C)cc1)C1OC(c2ccccc2)=CC1=O. The summed E-state index contributed by atoms with van der Waals surface area (Å²) in [7, 11) is 1.29. The molecule has 0 bridgehead atoms. The molecule has 1 aliphatic rings. The van der Waals surface area contributed by atoms with Crippen molar-refractivity contribution in [3.63, 3.8) is 0 Å². The predicted molar refractivity (Wildman–Crippen MR) is 94.9 cm³/mol. The van der Waals surface area contributed by atoms with E-state index in [1.165, 1.54) is 13.2 Å². The lowest BCUT2D eigenvalue weighted by atomic mass is 10.1. The van der Waals surface area contributed by atoms with Gasteiger partial charge in [-0.2, -0.15) is 0 Å². The largest absolute Gasteiger partial charge is 0.479 e. The van der Waals surface area contributed by atoms with Crippen molar-refractivity contribution >= 4 is 23.2 Å². The molecule has 2 aromatic rings. The Morgan fingerprint density at radius 2 is 1.80 bits per heavy atom. The summed E-state index contributed by atoms with van der Waals surface area (Å²) in [4.78, 5) is 24.6. The van der Waals surface area contributed by atoms with Gasteiger partial charge in [-0.3, -0.25) is 4.79 Å². The first kappa shape index (κ1) is 16.8. The summed E-state index contributed by atoms with van der Waals surface area (Å²) in [6.07, 6.45) is 0.455. The third kappa shape index (κ3) is 3.71. The molecule has 1 aliphatic heterocycles. The van der Waals surface area contributed by atoms with Crippen LogP contribution in [0.5, 0.6) is 0 Å². The van der Waals surface area contributed by atoms with Gasteiger partial charge in [0, 0.05) is 17.3 Å². The van der Waals surface area contributed by atoms with Gasteiger partial charge in [0.25, 0.3) is 0 Å². The van der Waals surface area contributed by atoms with E-state index in [4.69, 9.17) is 9.47 Å². The Labute approximate surface area is 146 Å². The van der Waals surface area contributed by atoms with Crippen LogP contribution in [-0.4, -0.2) is 31.0 Å². The molecule has 0 amide bonds. The van der Waals surface area contributed by atoms with E-state index in [1.807, 2.05) is 61.5 Å². The van der Waals surface area contributed by atoms with E-state index in [0.717, 1.165) is 11.1 Å². The van der Waals surface area contributed by atoms with Crippen LogP contribution in [-0.2, 0) is 19.1 Å². The standard InChI is InChI=1S/C20H19NO4/c1-13-8-10-15(11-9-13)21-18(20(23)24-2)19-16(22)12-17(25-19)14-6-4-3-5-7-14/h3-12,18-19,21H,1-2H3. The van der Waals surface area contributed by atoms with Crippen molar-refractivity contribution in [1.29, 1.82) is 0 Å². The Balaban J connectivity index is 1.81. The molecule has 0 saturated carbocycles. The highest BCUT2D eigenvalue weighted by molar-refractivity contribution is 6.05. The molecule has 5 nitrogen and oxygen atoms in total. The van der Waals surface area contributed by atoms with Crippen molar-refractivity contribution in [2.24, 2.45) is 0 Å². The van der Waals surface area contributed by atoms with Crippen LogP contribution in [0, 0.1) is 6.92 Å². The minimum absolute atomic E-state index is 0.270. The molecule has 0 aliphatic carbocycles. The third-order valence-corrected chi connectivity index (χ3v) is 4.00. The number of nitrogens with one attached hydrogen (secondary N) is 1. The molecule has 3 rings (SSSR count). The van der Waals surface area contributed by atoms with Gasteiger partial charge in [0.2, 0.25) is 5.78 Å². The lowest BCUT2D eigenvalue weighted by Crippen LogP contribution is -2.45. The summed E-state index contributed by atoms with van der Waals surface area (Å²) in [5, 5.41) is 3.05. The number of carbonyl (C=O) groups is 2. The molecular weight excluding hydrogens is 318 g/mol. The molecule has 0 spiro atoms. The minimum atomic E-state index is -0.969. The molecule has 0 radical (unpaired) electrons. The first-order valence-corrected chi connectivity index (χ1v) is 7.97. The van der Waals surface area contributed by atoms with E-state index in [9.17, 15) is 9.59 Å². The normalized spacial score (nSPS) is 17.4. The van der Waals surface area contributed by atoms with Crippen molar-refractivity contribution < 1.29 is 19.1 Å². The van der Waals surface area contributed by atoms with Gasteiger partial charge < -0.3 is 14.8 Å². The number of hydrogen-bond donors (Lipinski definition) is 1. The van der Waals surface area contributed by atoms with Crippen molar-refractivity contribution in [2.45, 2.75) is 19.1 Å². The Kier molecular flexibility index (Phi) is 4.84. The molecular formula is C20H19NO4. The fourth-order valence-corrected chi connectivity index (χ4v) is 2.64. The molecule has 25 heavy (non-hydrogen) atoms. The summed E-state index contributed by atoms with van der Waals surface area (Å²) in [5.41, 5.74) is 2.60. The van der Waals surface area contributed by atoms with Crippen LogP contribution in [0.4, 0.5) is 5.69 Å². The first-order valence-electron chi connectivity index (χ1n) is 7.97. The fourth-order valence-electron chi connectivity index (χ4n) is 2.64. The number of esters is 1. The average Bonchev–Trinajstić information content (AvgIpc) is 3.03. The maximum absolute atomic E-state index is 12.4.